The van der Waals surface area contributed by atoms with Crippen LogP contribution in [0.2, 0.25) is 0 Å². The molecule has 1 heterocycles. The maximum Gasteiger partial charge on any atom is 0.232 e. The van der Waals surface area contributed by atoms with Crippen LogP contribution in [0.5, 0.6) is 5.88 Å². The van der Waals surface area contributed by atoms with E-state index in [1.165, 1.54) is 6.20 Å². The SMILES string of the molecule is CC(C)c1cnc(OCC(O)CO)cn1. The van der Waals surface area contributed by atoms with Crippen LogP contribution in [0.25, 0.3) is 0 Å². The van der Waals surface area contributed by atoms with Gasteiger partial charge in [-0.15, -0.1) is 0 Å². The Labute approximate surface area is 88.8 Å². The van der Waals surface area contributed by atoms with E-state index in [9.17, 15) is 0 Å². The molecule has 0 aromatic carbocycles. The van der Waals surface area contributed by atoms with Gasteiger partial charge in [0.05, 0.1) is 24.7 Å². The molecule has 1 atom stereocenters. The van der Waals surface area contributed by atoms with Crippen molar-refractivity contribution in [3.8, 4) is 5.88 Å². The summed E-state index contributed by atoms with van der Waals surface area (Å²) in [5.41, 5.74) is 0.894. The predicted molar refractivity (Wildman–Crippen MR) is 54.7 cm³/mol. The summed E-state index contributed by atoms with van der Waals surface area (Å²) >= 11 is 0. The lowest BCUT2D eigenvalue weighted by atomic mass is 10.1. The molecule has 0 saturated carbocycles. The molecule has 1 aromatic rings. The van der Waals surface area contributed by atoms with Gasteiger partial charge in [-0.25, -0.2) is 4.98 Å². The Morgan fingerprint density at radius 2 is 2.07 bits per heavy atom. The number of aliphatic hydroxyl groups is 2. The van der Waals surface area contributed by atoms with Gasteiger partial charge < -0.3 is 14.9 Å². The average molecular weight is 212 g/mol. The van der Waals surface area contributed by atoms with Crippen molar-refractivity contribution >= 4 is 0 Å². The van der Waals surface area contributed by atoms with Gasteiger partial charge in [0, 0.05) is 0 Å². The Bertz CT molecular complexity index is 287. The highest BCUT2D eigenvalue weighted by atomic mass is 16.5. The number of aliphatic hydroxyl groups excluding tert-OH is 2. The van der Waals surface area contributed by atoms with Gasteiger partial charge in [-0.2, -0.15) is 0 Å². The molecule has 0 saturated heterocycles. The summed E-state index contributed by atoms with van der Waals surface area (Å²) < 4.78 is 5.11. The van der Waals surface area contributed by atoms with Gasteiger partial charge in [-0.1, -0.05) is 13.8 Å². The summed E-state index contributed by atoms with van der Waals surface area (Å²) in [5.74, 6) is 0.682. The molecular formula is C10H16N2O3. The molecule has 5 nitrogen and oxygen atoms in total. The maximum atomic E-state index is 9.04. The molecule has 0 aliphatic rings. The molecule has 0 amide bonds. The first-order chi connectivity index (χ1) is 7.13. The number of hydrogen-bond acceptors (Lipinski definition) is 5. The fourth-order valence-electron chi connectivity index (χ4n) is 0.933. The first kappa shape index (κ1) is 11.9. The van der Waals surface area contributed by atoms with Crippen LogP contribution in [0.4, 0.5) is 0 Å². The van der Waals surface area contributed by atoms with Crippen molar-refractivity contribution in [3.05, 3.63) is 18.1 Å². The molecule has 84 valence electrons. The van der Waals surface area contributed by atoms with Crippen LogP contribution < -0.4 is 4.74 Å². The molecule has 0 aliphatic carbocycles. The third-order valence-corrected chi connectivity index (χ3v) is 1.87. The number of hydrogen-bond donors (Lipinski definition) is 2. The lowest BCUT2D eigenvalue weighted by Crippen LogP contribution is -2.21. The zero-order valence-corrected chi connectivity index (χ0v) is 8.92. The van der Waals surface area contributed by atoms with E-state index >= 15 is 0 Å². The third kappa shape index (κ3) is 3.81. The fourth-order valence-corrected chi connectivity index (χ4v) is 0.933. The Balaban J connectivity index is 2.50. The first-order valence-electron chi connectivity index (χ1n) is 4.87. The Hall–Kier alpha value is -1.20. The van der Waals surface area contributed by atoms with Crippen LogP contribution >= 0.6 is 0 Å². The van der Waals surface area contributed by atoms with Gasteiger partial charge in [0.1, 0.15) is 12.7 Å². The average Bonchev–Trinajstić information content (AvgIpc) is 2.26. The van der Waals surface area contributed by atoms with E-state index in [1.54, 1.807) is 6.20 Å². The zero-order chi connectivity index (χ0) is 11.3. The highest BCUT2D eigenvalue weighted by Crippen LogP contribution is 2.12. The zero-order valence-electron chi connectivity index (χ0n) is 8.92. The van der Waals surface area contributed by atoms with Crippen LogP contribution in [0.3, 0.4) is 0 Å². The number of ether oxygens (including phenoxy) is 1. The van der Waals surface area contributed by atoms with E-state index in [0.29, 0.717) is 11.8 Å². The van der Waals surface area contributed by atoms with E-state index < -0.39 is 6.10 Å². The molecule has 0 fully saturated rings. The van der Waals surface area contributed by atoms with Crippen molar-refractivity contribution in [2.45, 2.75) is 25.9 Å². The minimum Gasteiger partial charge on any atom is -0.474 e. The lowest BCUT2D eigenvalue weighted by molar-refractivity contribution is 0.0519. The second-order valence-electron chi connectivity index (χ2n) is 3.58. The lowest BCUT2D eigenvalue weighted by Gasteiger charge is -2.09. The minimum absolute atomic E-state index is 0.0200. The first-order valence-corrected chi connectivity index (χ1v) is 4.87. The van der Waals surface area contributed by atoms with Crippen LogP contribution in [-0.2, 0) is 0 Å². The second kappa shape index (κ2) is 5.63. The van der Waals surface area contributed by atoms with Crippen LogP contribution in [-0.4, -0.2) is 39.5 Å². The highest BCUT2D eigenvalue weighted by molar-refractivity contribution is 5.09. The van der Waals surface area contributed by atoms with Gasteiger partial charge in [0.2, 0.25) is 5.88 Å². The summed E-state index contributed by atoms with van der Waals surface area (Å²) in [6.07, 6.45) is 2.28. The molecule has 2 N–H and O–H groups in total. The minimum atomic E-state index is -0.878. The molecule has 5 heteroatoms. The summed E-state index contributed by atoms with van der Waals surface area (Å²) in [7, 11) is 0. The molecule has 1 unspecified atom stereocenters. The normalized spacial score (nSPS) is 12.9. The van der Waals surface area contributed by atoms with Crippen molar-refractivity contribution in [2.24, 2.45) is 0 Å². The van der Waals surface area contributed by atoms with Crippen molar-refractivity contribution in [2.75, 3.05) is 13.2 Å². The summed E-state index contributed by atoms with van der Waals surface area (Å²) in [6.45, 7) is 3.75. The molecule has 1 rings (SSSR count). The number of nitrogens with zero attached hydrogens (tertiary/aromatic N) is 2. The Morgan fingerprint density at radius 3 is 2.53 bits per heavy atom. The fraction of sp³-hybridized carbons (Fsp3) is 0.600. The third-order valence-electron chi connectivity index (χ3n) is 1.87. The molecule has 0 spiro atoms. The topological polar surface area (TPSA) is 75.5 Å². The van der Waals surface area contributed by atoms with E-state index in [-0.39, 0.29) is 13.2 Å². The standard InChI is InChI=1S/C10H16N2O3/c1-7(2)9-3-12-10(4-11-9)15-6-8(14)5-13/h3-4,7-8,13-14H,5-6H2,1-2H3. The van der Waals surface area contributed by atoms with Gasteiger partial charge in [-0.3, -0.25) is 4.98 Å². The van der Waals surface area contributed by atoms with Crippen LogP contribution in [0.1, 0.15) is 25.5 Å². The molecule has 0 aliphatic heterocycles. The van der Waals surface area contributed by atoms with E-state index in [2.05, 4.69) is 9.97 Å². The van der Waals surface area contributed by atoms with E-state index in [4.69, 9.17) is 14.9 Å². The molecule has 0 bridgehead atoms. The maximum absolute atomic E-state index is 9.04. The molecule has 1 aromatic heterocycles. The smallest absolute Gasteiger partial charge is 0.232 e. The molecule has 15 heavy (non-hydrogen) atoms. The largest absolute Gasteiger partial charge is 0.474 e. The summed E-state index contributed by atoms with van der Waals surface area (Å²) in [4.78, 5) is 8.18. The quantitative estimate of drug-likeness (QED) is 0.735. The molecular weight excluding hydrogens is 196 g/mol. The van der Waals surface area contributed by atoms with Crippen LogP contribution in [0.15, 0.2) is 12.4 Å². The van der Waals surface area contributed by atoms with Gasteiger partial charge >= 0.3 is 0 Å². The predicted octanol–water partition coefficient (Wildman–Crippen LogP) is 0.332. The van der Waals surface area contributed by atoms with Gasteiger partial charge in [-0.05, 0) is 5.92 Å². The summed E-state index contributed by atoms with van der Waals surface area (Å²) in [5, 5.41) is 17.6. The van der Waals surface area contributed by atoms with Crippen molar-refractivity contribution < 1.29 is 14.9 Å². The van der Waals surface area contributed by atoms with Crippen molar-refractivity contribution in [1.29, 1.82) is 0 Å². The van der Waals surface area contributed by atoms with Crippen LogP contribution in [0, 0.1) is 0 Å². The molecule has 0 radical (unpaired) electrons. The number of aromatic nitrogens is 2. The van der Waals surface area contributed by atoms with Crippen molar-refractivity contribution in [3.63, 3.8) is 0 Å². The van der Waals surface area contributed by atoms with E-state index in [0.717, 1.165) is 5.69 Å². The van der Waals surface area contributed by atoms with E-state index in [1.807, 2.05) is 13.8 Å². The second-order valence-corrected chi connectivity index (χ2v) is 3.58. The monoisotopic (exact) mass is 212 g/mol. The van der Waals surface area contributed by atoms with Gasteiger partial charge in [0.25, 0.3) is 0 Å². The van der Waals surface area contributed by atoms with Gasteiger partial charge in [0.15, 0.2) is 0 Å². The number of rotatable bonds is 5. The van der Waals surface area contributed by atoms with Crippen molar-refractivity contribution in [1.82, 2.24) is 9.97 Å². The Kier molecular flexibility index (Phi) is 4.45. The summed E-state index contributed by atoms with van der Waals surface area (Å²) in [6, 6.07) is 0. The Morgan fingerprint density at radius 1 is 1.33 bits per heavy atom. The highest BCUT2D eigenvalue weighted by Gasteiger charge is 2.05.